The van der Waals surface area contributed by atoms with E-state index >= 15 is 0 Å². The second-order valence-corrected chi connectivity index (χ2v) is 6.21. The van der Waals surface area contributed by atoms with Gasteiger partial charge in [0.1, 0.15) is 17.2 Å². The highest BCUT2D eigenvalue weighted by molar-refractivity contribution is 5.67. The second-order valence-electron chi connectivity index (χ2n) is 6.21. The molecule has 0 radical (unpaired) electrons. The number of ether oxygens (including phenoxy) is 1. The van der Waals surface area contributed by atoms with Crippen LogP contribution in [0.4, 0.5) is 4.39 Å². The van der Waals surface area contributed by atoms with Crippen LogP contribution in [-0.4, -0.2) is 12.6 Å². The fourth-order valence-electron chi connectivity index (χ4n) is 2.88. The molecule has 110 valence electrons. The molecule has 0 spiro atoms. The molecule has 21 heavy (non-hydrogen) atoms. The Kier molecular flexibility index (Phi) is 3.46. The summed E-state index contributed by atoms with van der Waals surface area (Å²) in [5, 5.41) is 3.09. The number of hydrogen-bond acceptors (Lipinski definition) is 2. The topological polar surface area (TPSA) is 21.3 Å². The van der Waals surface area contributed by atoms with Gasteiger partial charge in [0.2, 0.25) is 0 Å². The van der Waals surface area contributed by atoms with Crippen molar-refractivity contribution in [2.45, 2.75) is 32.4 Å². The minimum absolute atomic E-state index is 0.173. The molecule has 0 saturated carbocycles. The van der Waals surface area contributed by atoms with Crippen LogP contribution in [0.3, 0.4) is 0 Å². The van der Waals surface area contributed by atoms with Crippen LogP contribution in [0.5, 0.6) is 5.75 Å². The van der Waals surface area contributed by atoms with Crippen LogP contribution in [-0.2, 0) is 13.0 Å². The van der Waals surface area contributed by atoms with E-state index in [4.69, 9.17) is 4.74 Å². The Bertz CT molecular complexity index is 679. The summed E-state index contributed by atoms with van der Waals surface area (Å²) in [6, 6.07) is 11.2. The number of nitrogens with one attached hydrogen (secondary N) is 1. The van der Waals surface area contributed by atoms with E-state index in [1.165, 1.54) is 6.07 Å². The van der Waals surface area contributed by atoms with E-state index in [0.29, 0.717) is 5.56 Å². The van der Waals surface area contributed by atoms with Gasteiger partial charge in [-0.2, -0.15) is 0 Å². The molecule has 0 bridgehead atoms. The molecule has 1 N–H and O–H groups in total. The van der Waals surface area contributed by atoms with Crippen LogP contribution >= 0.6 is 0 Å². The normalized spacial score (nSPS) is 15.6. The Morgan fingerprint density at radius 2 is 2.00 bits per heavy atom. The van der Waals surface area contributed by atoms with Gasteiger partial charge in [-0.05, 0) is 61.9 Å². The fourth-order valence-corrected chi connectivity index (χ4v) is 2.88. The Morgan fingerprint density at radius 3 is 2.76 bits per heavy atom. The molecule has 3 rings (SSSR count). The molecule has 0 aliphatic carbocycles. The standard InChI is InChI=1S/C18H20FNO/c1-18(2)10-14-9-13(5-7-17(14)21-18)15-8-12(11-20-3)4-6-16(15)19/h4-9,20H,10-11H2,1-3H3. The molecule has 2 aromatic rings. The van der Waals surface area contributed by atoms with Gasteiger partial charge in [-0.15, -0.1) is 0 Å². The molecule has 0 amide bonds. The number of benzene rings is 2. The summed E-state index contributed by atoms with van der Waals surface area (Å²) < 4.78 is 20.0. The molecule has 3 heteroatoms. The first-order chi connectivity index (χ1) is 9.98. The minimum atomic E-state index is -0.187. The van der Waals surface area contributed by atoms with Gasteiger partial charge in [0, 0.05) is 18.5 Å². The van der Waals surface area contributed by atoms with E-state index in [9.17, 15) is 4.39 Å². The predicted molar refractivity (Wildman–Crippen MR) is 83.0 cm³/mol. The molecule has 1 heterocycles. The van der Waals surface area contributed by atoms with Gasteiger partial charge < -0.3 is 10.1 Å². The molecular weight excluding hydrogens is 265 g/mol. The van der Waals surface area contributed by atoms with Gasteiger partial charge in [0.25, 0.3) is 0 Å². The maximum absolute atomic E-state index is 14.1. The summed E-state index contributed by atoms with van der Waals surface area (Å²) in [7, 11) is 1.89. The summed E-state index contributed by atoms with van der Waals surface area (Å²) in [5.41, 5.74) is 3.61. The number of halogens is 1. The third kappa shape index (κ3) is 2.79. The maximum Gasteiger partial charge on any atom is 0.131 e. The first kappa shape index (κ1) is 14.1. The summed E-state index contributed by atoms with van der Waals surface area (Å²) in [6.45, 7) is 4.87. The summed E-state index contributed by atoms with van der Waals surface area (Å²) >= 11 is 0. The number of fused-ring (bicyclic) bond motifs is 1. The molecule has 0 unspecified atom stereocenters. The van der Waals surface area contributed by atoms with Gasteiger partial charge in [0.05, 0.1) is 0 Å². The van der Waals surface area contributed by atoms with Crippen LogP contribution < -0.4 is 10.1 Å². The minimum Gasteiger partial charge on any atom is -0.487 e. The van der Waals surface area contributed by atoms with Gasteiger partial charge in [-0.25, -0.2) is 4.39 Å². The van der Waals surface area contributed by atoms with Crippen molar-refractivity contribution in [1.82, 2.24) is 5.32 Å². The molecule has 1 aliphatic heterocycles. The summed E-state index contributed by atoms with van der Waals surface area (Å²) in [6.07, 6.45) is 0.855. The van der Waals surface area contributed by atoms with Crippen molar-refractivity contribution >= 4 is 0 Å². The molecule has 1 aliphatic rings. The van der Waals surface area contributed by atoms with Crippen molar-refractivity contribution in [2.24, 2.45) is 0 Å². The second kappa shape index (κ2) is 5.15. The van der Waals surface area contributed by atoms with E-state index in [1.807, 2.05) is 37.4 Å². The zero-order chi connectivity index (χ0) is 15.0. The molecular formula is C18H20FNO. The van der Waals surface area contributed by atoms with Crippen molar-refractivity contribution in [1.29, 1.82) is 0 Å². The Morgan fingerprint density at radius 1 is 1.19 bits per heavy atom. The van der Waals surface area contributed by atoms with Crippen molar-refractivity contribution in [2.75, 3.05) is 7.05 Å². The predicted octanol–water partition coefficient (Wildman–Crippen LogP) is 3.93. The monoisotopic (exact) mass is 285 g/mol. The van der Waals surface area contributed by atoms with Crippen molar-refractivity contribution in [3.63, 3.8) is 0 Å². The molecule has 2 aromatic carbocycles. The third-order valence-corrected chi connectivity index (χ3v) is 3.79. The lowest BCUT2D eigenvalue weighted by Gasteiger charge is -2.16. The third-order valence-electron chi connectivity index (χ3n) is 3.79. The van der Waals surface area contributed by atoms with E-state index < -0.39 is 0 Å². The molecule has 0 saturated heterocycles. The van der Waals surface area contributed by atoms with Crippen LogP contribution in [0, 0.1) is 5.82 Å². The lowest BCUT2D eigenvalue weighted by atomic mass is 9.96. The van der Waals surface area contributed by atoms with E-state index in [2.05, 4.69) is 19.2 Å². The highest BCUT2D eigenvalue weighted by atomic mass is 19.1. The van der Waals surface area contributed by atoms with E-state index in [1.54, 1.807) is 0 Å². The van der Waals surface area contributed by atoms with Gasteiger partial charge in [0.15, 0.2) is 0 Å². The first-order valence-corrected chi connectivity index (χ1v) is 7.24. The van der Waals surface area contributed by atoms with Crippen LogP contribution in [0.1, 0.15) is 25.0 Å². The molecule has 2 nitrogen and oxygen atoms in total. The van der Waals surface area contributed by atoms with Crippen molar-refractivity contribution in [3.8, 4) is 16.9 Å². The van der Waals surface area contributed by atoms with E-state index in [0.717, 1.165) is 35.4 Å². The highest BCUT2D eigenvalue weighted by Gasteiger charge is 2.30. The van der Waals surface area contributed by atoms with Crippen LogP contribution in [0.2, 0.25) is 0 Å². The smallest absolute Gasteiger partial charge is 0.131 e. The molecule has 0 atom stereocenters. The quantitative estimate of drug-likeness (QED) is 0.922. The van der Waals surface area contributed by atoms with Gasteiger partial charge in [-0.3, -0.25) is 0 Å². The summed E-state index contributed by atoms with van der Waals surface area (Å²) in [5.74, 6) is 0.725. The van der Waals surface area contributed by atoms with Crippen LogP contribution in [0.25, 0.3) is 11.1 Å². The Labute approximate surface area is 125 Å². The van der Waals surface area contributed by atoms with E-state index in [-0.39, 0.29) is 11.4 Å². The fraction of sp³-hybridized carbons (Fsp3) is 0.333. The van der Waals surface area contributed by atoms with Crippen LogP contribution in [0.15, 0.2) is 36.4 Å². The number of hydrogen-bond donors (Lipinski definition) is 1. The lowest BCUT2D eigenvalue weighted by Crippen LogP contribution is -2.24. The molecule has 0 fully saturated rings. The summed E-state index contributed by atoms with van der Waals surface area (Å²) in [4.78, 5) is 0. The number of rotatable bonds is 3. The Balaban J connectivity index is 2.01. The zero-order valence-electron chi connectivity index (χ0n) is 12.7. The SMILES string of the molecule is CNCc1ccc(F)c(-c2ccc3c(c2)CC(C)(C)O3)c1. The maximum atomic E-state index is 14.1. The largest absolute Gasteiger partial charge is 0.487 e. The molecule has 0 aromatic heterocycles. The average Bonchev–Trinajstić information content (AvgIpc) is 2.74. The highest BCUT2D eigenvalue weighted by Crippen LogP contribution is 2.37. The average molecular weight is 285 g/mol. The zero-order valence-corrected chi connectivity index (χ0v) is 12.7. The van der Waals surface area contributed by atoms with Gasteiger partial charge in [-0.1, -0.05) is 12.1 Å². The lowest BCUT2D eigenvalue weighted by molar-refractivity contribution is 0.138. The van der Waals surface area contributed by atoms with Crippen molar-refractivity contribution in [3.05, 3.63) is 53.3 Å². The van der Waals surface area contributed by atoms with Gasteiger partial charge >= 0.3 is 0 Å². The first-order valence-electron chi connectivity index (χ1n) is 7.24. The van der Waals surface area contributed by atoms with Crippen molar-refractivity contribution < 1.29 is 9.13 Å². The Hall–Kier alpha value is -1.87.